The van der Waals surface area contributed by atoms with Gasteiger partial charge in [0.1, 0.15) is 17.2 Å². The molecule has 0 bridgehead atoms. The molecule has 0 radical (unpaired) electrons. The first-order chi connectivity index (χ1) is 15.8. The number of ether oxygens (including phenoxy) is 3. The van der Waals surface area contributed by atoms with Gasteiger partial charge in [0, 0.05) is 17.5 Å². The van der Waals surface area contributed by atoms with Crippen molar-refractivity contribution >= 4 is 5.71 Å². The quantitative estimate of drug-likeness (QED) is 0.426. The Morgan fingerprint density at radius 1 is 1.00 bits per heavy atom. The van der Waals surface area contributed by atoms with E-state index in [1.807, 2.05) is 30.3 Å². The lowest BCUT2D eigenvalue weighted by Gasteiger charge is -2.38. The van der Waals surface area contributed by atoms with Gasteiger partial charge in [-0.2, -0.15) is 5.10 Å². The van der Waals surface area contributed by atoms with Gasteiger partial charge in [-0.3, -0.25) is 0 Å². The third kappa shape index (κ3) is 3.91. The molecule has 0 amide bonds. The average Bonchev–Trinajstić information content (AvgIpc) is 3.30. The SMILES string of the molecule is CCCCOc1ccc([C@H]2Oc3ccc(OC)cc3[C@H]3CC(c4ccccc4)=NN32)cc1. The van der Waals surface area contributed by atoms with Crippen LogP contribution in [0.3, 0.4) is 0 Å². The second kappa shape index (κ2) is 8.95. The topological polar surface area (TPSA) is 43.3 Å². The lowest BCUT2D eigenvalue weighted by atomic mass is 9.95. The highest BCUT2D eigenvalue weighted by Crippen LogP contribution is 2.48. The van der Waals surface area contributed by atoms with Crippen LogP contribution in [-0.4, -0.2) is 24.4 Å². The Hall–Kier alpha value is -3.47. The predicted molar refractivity (Wildman–Crippen MR) is 125 cm³/mol. The second-order valence-corrected chi connectivity index (χ2v) is 8.16. The van der Waals surface area contributed by atoms with Gasteiger partial charge in [0.2, 0.25) is 6.23 Å². The number of hydrogen-bond donors (Lipinski definition) is 0. The molecule has 0 aliphatic carbocycles. The average molecular weight is 429 g/mol. The standard InChI is InChI=1S/C27H28N2O3/c1-3-4-16-31-21-12-10-20(11-13-21)27-29-25(18-24(28-29)19-8-6-5-7-9-19)23-17-22(30-2)14-15-26(23)32-27/h5-15,17,25,27H,3-4,16,18H2,1-2H3/t25-,27-/m1/s1. The molecule has 0 unspecified atom stereocenters. The normalized spacial score (nSPS) is 18.9. The van der Waals surface area contributed by atoms with Gasteiger partial charge in [-0.15, -0.1) is 0 Å². The molecule has 3 aromatic rings. The van der Waals surface area contributed by atoms with Crippen molar-refractivity contribution in [3.8, 4) is 17.2 Å². The Balaban J connectivity index is 1.48. The fourth-order valence-corrected chi connectivity index (χ4v) is 4.28. The molecule has 0 spiro atoms. The van der Waals surface area contributed by atoms with Crippen molar-refractivity contribution in [2.75, 3.05) is 13.7 Å². The van der Waals surface area contributed by atoms with Gasteiger partial charge in [-0.25, -0.2) is 5.01 Å². The minimum Gasteiger partial charge on any atom is -0.497 e. The van der Waals surface area contributed by atoms with Crippen molar-refractivity contribution in [2.24, 2.45) is 5.10 Å². The second-order valence-electron chi connectivity index (χ2n) is 8.16. The number of benzene rings is 3. The molecule has 2 aliphatic heterocycles. The molecule has 0 saturated carbocycles. The van der Waals surface area contributed by atoms with Crippen molar-refractivity contribution in [1.82, 2.24) is 5.01 Å². The van der Waals surface area contributed by atoms with Crippen LogP contribution in [0.1, 0.15) is 55.1 Å². The predicted octanol–water partition coefficient (Wildman–Crippen LogP) is 6.12. The lowest BCUT2D eigenvalue weighted by Crippen LogP contribution is -2.33. The molecule has 2 aliphatic rings. The van der Waals surface area contributed by atoms with Crippen LogP contribution in [0.4, 0.5) is 0 Å². The molecule has 0 aromatic heterocycles. The maximum atomic E-state index is 6.48. The molecule has 3 aromatic carbocycles. The van der Waals surface area contributed by atoms with E-state index in [4.69, 9.17) is 19.3 Å². The summed E-state index contributed by atoms with van der Waals surface area (Å²) in [5, 5.41) is 7.12. The third-order valence-electron chi connectivity index (χ3n) is 6.04. The first-order valence-electron chi connectivity index (χ1n) is 11.3. The van der Waals surface area contributed by atoms with Crippen molar-refractivity contribution < 1.29 is 14.2 Å². The smallest absolute Gasteiger partial charge is 0.213 e. The van der Waals surface area contributed by atoms with Gasteiger partial charge >= 0.3 is 0 Å². The minimum atomic E-state index is -0.299. The highest BCUT2D eigenvalue weighted by molar-refractivity contribution is 6.01. The summed E-state index contributed by atoms with van der Waals surface area (Å²) in [7, 11) is 1.69. The lowest BCUT2D eigenvalue weighted by molar-refractivity contribution is -0.0191. The zero-order valence-corrected chi connectivity index (χ0v) is 18.5. The number of rotatable bonds is 7. The molecule has 0 saturated heterocycles. The zero-order chi connectivity index (χ0) is 21.9. The number of hydrazone groups is 1. The summed E-state index contributed by atoms with van der Waals surface area (Å²) in [5.41, 5.74) is 4.37. The fraction of sp³-hybridized carbons (Fsp3) is 0.296. The van der Waals surface area contributed by atoms with E-state index in [1.165, 1.54) is 0 Å². The summed E-state index contributed by atoms with van der Waals surface area (Å²) in [5.74, 6) is 2.59. The summed E-state index contributed by atoms with van der Waals surface area (Å²) in [6.45, 7) is 2.90. The monoisotopic (exact) mass is 428 g/mol. The van der Waals surface area contributed by atoms with Crippen LogP contribution in [0, 0.1) is 0 Å². The van der Waals surface area contributed by atoms with Gasteiger partial charge in [0.25, 0.3) is 0 Å². The number of hydrogen-bond acceptors (Lipinski definition) is 5. The van der Waals surface area contributed by atoms with Crippen LogP contribution in [0.25, 0.3) is 0 Å². The largest absolute Gasteiger partial charge is 0.497 e. The summed E-state index contributed by atoms with van der Waals surface area (Å²) in [6, 6.07) is 24.7. The summed E-state index contributed by atoms with van der Waals surface area (Å²) in [6.07, 6.45) is 2.70. The van der Waals surface area contributed by atoms with Crippen LogP contribution in [0.2, 0.25) is 0 Å². The summed E-state index contributed by atoms with van der Waals surface area (Å²) < 4.78 is 17.8. The van der Waals surface area contributed by atoms with E-state index in [2.05, 4.69) is 54.4 Å². The van der Waals surface area contributed by atoms with Gasteiger partial charge in [0.05, 0.1) is 25.5 Å². The number of fused-ring (bicyclic) bond motifs is 3. The maximum Gasteiger partial charge on any atom is 0.213 e. The van der Waals surface area contributed by atoms with Crippen LogP contribution < -0.4 is 14.2 Å². The van der Waals surface area contributed by atoms with Crippen LogP contribution in [-0.2, 0) is 0 Å². The van der Waals surface area contributed by atoms with Crippen molar-refractivity contribution in [2.45, 2.75) is 38.5 Å². The third-order valence-corrected chi connectivity index (χ3v) is 6.04. The molecule has 0 N–H and O–H groups in total. The Kier molecular flexibility index (Phi) is 5.71. The molecular formula is C27H28N2O3. The van der Waals surface area contributed by atoms with Gasteiger partial charge in [-0.1, -0.05) is 43.7 Å². The molecule has 5 heteroatoms. The number of unbranched alkanes of at least 4 members (excludes halogenated alkanes) is 1. The van der Waals surface area contributed by atoms with Crippen molar-refractivity contribution in [3.63, 3.8) is 0 Å². The van der Waals surface area contributed by atoms with Gasteiger partial charge in [0.15, 0.2) is 0 Å². The number of methoxy groups -OCH3 is 1. The van der Waals surface area contributed by atoms with Crippen molar-refractivity contribution in [1.29, 1.82) is 0 Å². The summed E-state index contributed by atoms with van der Waals surface area (Å²) in [4.78, 5) is 0. The maximum absolute atomic E-state index is 6.48. The van der Waals surface area contributed by atoms with Crippen LogP contribution in [0.5, 0.6) is 17.2 Å². The van der Waals surface area contributed by atoms with E-state index in [9.17, 15) is 0 Å². The fourth-order valence-electron chi connectivity index (χ4n) is 4.28. The molecule has 5 rings (SSSR count). The van der Waals surface area contributed by atoms with Gasteiger partial charge < -0.3 is 14.2 Å². The Labute approximate surface area is 189 Å². The van der Waals surface area contributed by atoms with Crippen molar-refractivity contribution in [3.05, 3.63) is 89.5 Å². The molecule has 2 atom stereocenters. The molecule has 0 fully saturated rings. The van der Waals surface area contributed by atoms with Crippen LogP contribution in [0.15, 0.2) is 77.9 Å². The molecular weight excluding hydrogens is 400 g/mol. The molecule has 5 nitrogen and oxygen atoms in total. The first-order valence-corrected chi connectivity index (χ1v) is 11.3. The Morgan fingerprint density at radius 3 is 2.53 bits per heavy atom. The van der Waals surface area contributed by atoms with E-state index < -0.39 is 0 Å². The van der Waals surface area contributed by atoms with E-state index in [0.717, 1.165) is 65.5 Å². The highest BCUT2D eigenvalue weighted by Gasteiger charge is 2.41. The van der Waals surface area contributed by atoms with E-state index in [1.54, 1.807) is 7.11 Å². The van der Waals surface area contributed by atoms with Gasteiger partial charge in [-0.05, 0) is 54.4 Å². The minimum absolute atomic E-state index is 0.0922. The summed E-state index contributed by atoms with van der Waals surface area (Å²) >= 11 is 0. The number of nitrogens with zero attached hydrogens (tertiary/aromatic N) is 2. The highest BCUT2D eigenvalue weighted by atomic mass is 16.5. The molecule has 164 valence electrons. The molecule has 32 heavy (non-hydrogen) atoms. The Morgan fingerprint density at radius 2 is 1.78 bits per heavy atom. The first kappa shape index (κ1) is 20.4. The zero-order valence-electron chi connectivity index (χ0n) is 18.5. The van der Waals surface area contributed by atoms with E-state index in [-0.39, 0.29) is 12.3 Å². The van der Waals surface area contributed by atoms with E-state index >= 15 is 0 Å². The Bertz CT molecular complexity index is 1100. The van der Waals surface area contributed by atoms with Crippen LogP contribution >= 0.6 is 0 Å². The van der Waals surface area contributed by atoms with E-state index in [0.29, 0.717) is 0 Å². The molecule has 2 heterocycles.